The lowest BCUT2D eigenvalue weighted by Gasteiger charge is -2.22. The number of aromatic nitrogens is 2. The molecule has 0 bridgehead atoms. The fourth-order valence-electron chi connectivity index (χ4n) is 3.65. The zero-order chi connectivity index (χ0) is 21.4. The fraction of sp³-hybridized carbons (Fsp3) is 0.650. The average molecular weight is 409 g/mol. The highest BCUT2D eigenvalue weighted by Crippen LogP contribution is 2.24. The highest BCUT2D eigenvalue weighted by atomic mass is 19.1. The minimum absolute atomic E-state index is 0.210. The summed E-state index contributed by atoms with van der Waals surface area (Å²) in [5.74, 6) is -3.17. The van der Waals surface area contributed by atoms with Crippen molar-refractivity contribution < 1.29 is 23.9 Å². The molecule has 160 valence electrons. The summed E-state index contributed by atoms with van der Waals surface area (Å²) in [7, 11) is 0. The summed E-state index contributed by atoms with van der Waals surface area (Å²) in [5, 5.41) is 15.3. The first-order valence-corrected chi connectivity index (χ1v) is 10.00. The standard InChI is InChI=1S/C20H28FN3O5/c1-13(19(28)23-16(17(25)11-21)7-8-18(26)27)15-9-10-22-24(20(15)29)12-14-5-3-2-4-6-14/h9-10,13-14,16H,2-8,11-12H2,1H3,(H,23,28)(H,26,27). The number of alkyl halides is 1. The summed E-state index contributed by atoms with van der Waals surface area (Å²) in [6.07, 6.45) is 6.45. The number of Topliss-reactive ketones (excluding diaryl/α,β-unsaturated/α-hetero) is 1. The van der Waals surface area contributed by atoms with Crippen LogP contribution in [0.2, 0.25) is 0 Å². The van der Waals surface area contributed by atoms with Gasteiger partial charge in [0.2, 0.25) is 5.91 Å². The topological polar surface area (TPSA) is 118 Å². The van der Waals surface area contributed by atoms with Crippen LogP contribution in [0.5, 0.6) is 0 Å². The number of carboxylic acid groups (broad SMARTS) is 1. The van der Waals surface area contributed by atoms with Crippen molar-refractivity contribution >= 4 is 17.7 Å². The van der Waals surface area contributed by atoms with Crippen LogP contribution in [-0.2, 0) is 20.9 Å². The van der Waals surface area contributed by atoms with E-state index in [9.17, 15) is 23.6 Å². The molecule has 1 amide bonds. The Bertz CT molecular complexity index is 789. The van der Waals surface area contributed by atoms with Crippen LogP contribution < -0.4 is 10.9 Å². The molecule has 8 nitrogen and oxygen atoms in total. The number of hydrogen-bond acceptors (Lipinski definition) is 5. The summed E-state index contributed by atoms with van der Waals surface area (Å²) < 4.78 is 14.1. The largest absolute Gasteiger partial charge is 0.481 e. The number of hydrogen-bond donors (Lipinski definition) is 2. The van der Waals surface area contributed by atoms with Crippen LogP contribution in [0.3, 0.4) is 0 Å². The number of nitrogens with zero attached hydrogens (tertiary/aromatic N) is 2. The lowest BCUT2D eigenvalue weighted by atomic mass is 9.89. The van der Waals surface area contributed by atoms with E-state index in [0.717, 1.165) is 25.7 Å². The zero-order valence-electron chi connectivity index (χ0n) is 16.6. The molecule has 0 aliphatic heterocycles. The maximum atomic E-state index is 12.8. The minimum Gasteiger partial charge on any atom is -0.481 e. The van der Waals surface area contributed by atoms with E-state index in [1.807, 2.05) is 0 Å². The van der Waals surface area contributed by atoms with Gasteiger partial charge in [-0.1, -0.05) is 19.3 Å². The molecule has 1 aliphatic carbocycles. The number of rotatable bonds is 10. The van der Waals surface area contributed by atoms with Crippen molar-refractivity contribution in [1.29, 1.82) is 0 Å². The highest BCUT2D eigenvalue weighted by Gasteiger charge is 2.26. The third kappa shape index (κ3) is 6.47. The highest BCUT2D eigenvalue weighted by molar-refractivity contribution is 5.92. The fourth-order valence-corrected chi connectivity index (χ4v) is 3.65. The van der Waals surface area contributed by atoms with Crippen molar-refractivity contribution in [1.82, 2.24) is 15.1 Å². The van der Waals surface area contributed by atoms with Gasteiger partial charge in [0.15, 0.2) is 5.78 Å². The Balaban J connectivity index is 2.10. The number of carboxylic acids is 1. The Hall–Kier alpha value is -2.58. The third-order valence-corrected chi connectivity index (χ3v) is 5.44. The number of amides is 1. The number of ketones is 1. The molecule has 1 aromatic rings. The lowest BCUT2D eigenvalue weighted by Crippen LogP contribution is -2.44. The Morgan fingerprint density at radius 3 is 2.62 bits per heavy atom. The Kier molecular flexibility index (Phi) is 8.48. The maximum Gasteiger partial charge on any atom is 0.303 e. The quantitative estimate of drug-likeness (QED) is 0.608. The molecule has 29 heavy (non-hydrogen) atoms. The molecule has 0 radical (unpaired) electrons. The molecule has 1 aromatic heterocycles. The van der Waals surface area contributed by atoms with Gasteiger partial charge < -0.3 is 10.4 Å². The summed E-state index contributed by atoms with van der Waals surface area (Å²) >= 11 is 0. The molecule has 2 unspecified atom stereocenters. The van der Waals surface area contributed by atoms with E-state index in [0.29, 0.717) is 12.5 Å². The monoisotopic (exact) mass is 409 g/mol. The van der Waals surface area contributed by atoms with E-state index in [1.165, 1.54) is 30.3 Å². The van der Waals surface area contributed by atoms with Gasteiger partial charge in [0, 0.05) is 24.7 Å². The number of halogens is 1. The van der Waals surface area contributed by atoms with Crippen molar-refractivity contribution in [2.75, 3.05) is 6.67 Å². The van der Waals surface area contributed by atoms with Gasteiger partial charge in [0.1, 0.15) is 6.67 Å². The average Bonchev–Trinajstić information content (AvgIpc) is 2.72. The minimum atomic E-state index is -1.30. The zero-order valence-corrected chi connectivity index (χ0v) is 16.6. The third-order valence-electron chi connectivity index (χ3n) is 5.44. The van der Waals surface area contributed by atoms with Gasteiger partial charge in [-0.25, -0.2) is 9.07 Å². The molecule has 1 fully saturated rings. The molecule has 1 saturated carbocycles. The number of carbonyl (C=O) groups excluding carboxylic acids is 2. The molecule has 0 saturated heterocycles. The smallest absolute Gasteiger partial charge is 0.303 e. The van der Waals surface area contributed by atoms with Crippen LogP contribution >= 0.6 is 0 Å². The Labute approximate surface area is 168 Å². The normalized spacial score (nSPS) is 16.8. The van der Waals surface area contributed by atoms with Gasteiger partial charge in [0.25, 0.3) is 5.56 Å². The molecular weight excluding hydrogens is 381 g/mol. The van der Waals surface area contributed by atoms with Crippen LogP contribution in [0.4, 0.5) is 4.39 Å². The van der Waals surface area contributed by atoms with Crippen LogP contribution in [-0.4, -0.2) is 45.3 Å². The van der Waals surface area contributed by atoms with Gasteiger partial charge in [0.05, 0.1) is 12.0 Å². The molecule has 2 N–H and O–H groups in total. The summed E-state index contributed by atoms with van der Waals surface area (Å²) in [6, 6.07) is 0.227. The molecule has 0 spiro atoms. The second-order valence-electron chi connectivity index (χ2n) is 7.59. The predicted octanol–water partition coefficient (Wildman–Crippen LogP) is 1.82. The summed E-state index contributed by atoms with van der Waals surface area (Å²) in [6.45, 7) is 0.718. The van der Waals surface area contributed by atoms with E-state index in [4.69, 9.17) is 5.11 Å². The van der Waals surface area contributed by atoms with Gasteiger partial charge in [-0.05, 0) is 38.2 Å². The van der Waals surface area contributed by atoms with Crippen molar-refractivity contribution in [2.45, 2.75) is 70.4 Å². The van der Waals surface area contributed by atoms with Crippen molar-refractivity contribution in [3.63, 3.8) is 0 Å². The molecule has 2 rings (SSSR count). The molecule has 1 aliphatic rings. The second kappa shape index (κ2) is 10.8. The molecule has 2 atom stereocenters. The van der Waals surface area contributed by atoms with Crippen LogP contribution in [0, 0.1) is 5.92 Å². The van der Waals surface area contributed by atoms with Crippen LogP contribution in [0.25, 0.3) is 0 Å². The van der Waals surface area contributed by atoms with Gasteiger partial charge in [-0.2, -0.15) is 5.10 Å². The molecule has 0 aromatic carbocycles. The van der Waals surface area contributed by atoms with Gasteiger partial charge in [-0.3, -0.25) is 19.2 Å². The lowest BCUT2D eigenvalue weighted by molar-refractivity contribution is -0.138. The second-order valence-corrected chi connectivity index (χ2v) is 7.59. The SMILES string of the molecule is CC(C(=O)NC(CCC(=O)O)C(=O)CF)c1ccnn(CC2CCCCC2)c1=O. The van der Waals surface area contributed by atoms with Gasteiger partial charge >= 0.3 is 5.97 Å². The first-order valence-electron chi connectivity index (χ1n) is 10.00. The van der Waals surface area contributed by atoms with E-state index in [1.54, 1.807) is 0 Å². The first-order chi connectivity index (χ1) is 13.8. The van der Waals surface area contributed by atoms with E-state index in [-0.39, 0.29) is 24.0 Å². The van der Waals surface area contributed by atoms with Crippen LogP contribution in [0.1, 0.15) is 63.4 Å². The number of carbonyl (C=O) groups is 3. The van der Waals surface area contributed by atoms with Gasteiger partial charge in [-0.15, -0.1) is 0 Å². The van der Waals surface area contributed by atoms with Crippen molar-refractivity contribution in [3.05, 3.63) is 28.2 Å². The number of nitrogens with one attached hydrogen (secondary N) is 1. The molecular formula is C20H28FN3O5. The Morgan fingerprint density at radius 2 is 2.00 bits per heavy atom. The van der Waals surface area contributed by atoms with Crippen molar-refractivity contribution in [2.24, 2.45) is 5.92 Å². The number of aliphatic carboxylic acids is 1. The summed E-state index contributed by atoms with van der Waals surface area (Å²) in [4.78, 5) is 47.8. The van der Waals surface area contributed by atoms with Crippen LogP contribution in [0.15, 0.2) is 17.1 Å². The van der Waals surface area contributed by atoms with E-state index >= 15 is 0 Å². The molecule has 1 heterocycles. The van der Waals surface area contributed by atoms with E-state index in [2.05, 4.69) is 10.4 Å². The maximum absolute atomic E-state index is 12.8. The Morgan fingerprint density at radius 1 is 1.31 bits per heavy atom. The van der Waals surface area contributed by atoms with Crippen molar-refractivity contribution in [3.8, 4) is 0 Å². The molecule has 9 heteroatoms. The predicted molar refractivity (Wildman–Crippen MR) is 103 cm³/mol. The van der Waals surface area contributed by atoms with E-state index < -0.39 is 36.3 Å². The first kappa shape index (κ1) is 22.7. The summed E-state index contributed by atoms with van der Waals surface area (Å²) in [5.41, 5.74) is -0.127.